The predicted octanol–water partition coefficient (Wildman–Crippen LogP) is 2.65. The molecule has 0 aliphatic carbocycles. The molecule has 3 aromatic rings. The first-order valence-electron chi connectivity index (χ1n) is 6.57. The van der Waals surface area contributed by atoms with Crippen LogP contribution >= 0.6 is 0 Å². The van der Waals surface area contributed by atoms with E-state index in [9.17, 15) is 0 Å². The zero-order valence-corrected chi connectivity index (χ0v) is 11.3. The third-order valence-electron chi connectivity index (χ3n) is 3.14. The summed E-state index contributed by atoms with van der Waals surface area (Å²) >= 11 is 0. The van der Waals surface area contributed by atoms with E-state index in [1.165, 1.54) is 0 Å². The van der Waals surface area contributed by atoms with E-state index in [-0.39, 0.29) is 0 Å². The minimum Gasteiger partial charge on any atom is -0.316 e. The molecule has 0 atom stereocenters. The Bertz CT molecular complexity index is 688. The molecule has 2 heterocycles. The van der Waals surface area contributed by atoms with Gasteiger partial charge < -0.3 is 5.32 Å². The maximum absolute atomic E-state index is 4.44. The smallest absolute Gasteiger partial charge is 0.157 e. The maximum Gasteiger partial charge on any atom is 0.157 e. The lowest BCUT2D eigenvalue weighted by molar-refractivity contribution is 0.771. The highest BCUT2D eigenvalue weighted by Gasteiger charge is 2.07. The topological polar surface area (TPSA) is 42.7 Å². The molecule has 4 nitrogen and oxygen atoms in total. The monoisotopic (exact) mass is 264 g/mol. The summed E-state index contributed by atoms with van der Waals surface area (Å²) in [4.78, 5) is 4.44. The van der Waals surface area contributed by atoms with E-state index in [4.69, 9.17) is 0 Å². The van der Waals surface area contributed by atoms with Crippen LogP contribution in [0.25, 0.3) is 16.9 Å². The first-order valence-corrected chi connectivity index (χ1v) is 6.57. The molecule has 0 aliphatic rings. The average molecular weight is 264 g/mol. The highest BCUT2D eigenvalue weighted by atomic mass is 15.3. The van der Waals surface area contributed by atoms with E-state index >= 15 is 0 Å². The fourth-order valence-electron chi connectivity index (χ4n) is 2.18. The molecule has 2 aromatic heterocycles. The van der Waals surface area contributed by atoms with Crippen molar-refractivity contribution in [1.29, 1.82) is 0 Å². The number of nitrogens with zero attached hydrogens (tertiary/aromatic N) is 3. The fraction of sp³-hybridized carbons (Fsp3) is 0.125. The molecular formula is C16H16N4. The Morgan fingerprint density at radius 3 is 2.70 bits per heavy atom. The molecule has 0 saturated carbocycles. The van der Waals surface area contributed by atoms with Crippen molar-refractivity contribution in [2.24, 2.45) is 0 Å². The van der Waals surface area contributed by atoms with E-state index in [1.807, 2.05) is 48.4 Å². The molecule has 0 amide bonds. The number of rotatable bonds is 4. The lowest BCUT2D eigenvalue weighted by Gasteiger charge is -2.07. The van der Waals surface area contributed by atoms with Gasteiger partial charge in [0.15, 0.2) is 5.82 Å². The quantitative estimate of drug-likeness (QED) is 0.787. The van der Waals surface area contributed by atoms with Gasteiger partial charge in [-0.2, -0.15) is 5.10 Å². The van der Waals surface area contributed by atoms with Gasteiger partial charge in [0.05, 0.1) is 6.20 Å². The van der Waals surface area contributed by atoms with Gasteiger partial charge in [-0.05, 0) is 18.7 Å². The van der Waals surface area contributed by atoms with Gasteiger partial charge in [-0.15, -0.1) is 0 Å². The molecule has 0 bridgehead atoms. The molecule has 1 N–H and O–H groups in total. The number of nitrogens with one attached hydrogen (secondary N) is 1. The van der Waals surface area contributed by atoms with Crippen LogP contribution in [0.4, 0.5) is 0 Å². The van der Waals surface area contributed by atoms with Gasteiger partial charge in [0.1, 0.15) is 0 Å². The molecule has 0 aliphatic heterocycles. The van der Waals surface area contributed by atoms with E-state index in [1.54, 1.807) is 6.20 Å². The second-order valence-electron chi connectivity index (χ2n) is 4.56. The summed E-state index contributed by atoms with van der Waals surface area (Å²) in [5, 5.41) is 7.58. The summed E-state index contributed by atoms with van der Waals surface area (Å²) < 4.78 is 1.83. The van der Waals surface area contributed by atoms with Crippen molar-refractivity contribution >= 4 is 0 Å². The second kappa shape index (κ2) is 5.67. The summed E-state index contributed by atoms with van der Waals surface area (Å²) in [6, 6.07) is 14.2. The van der Waals surface area contributed by atoms with Crippen molar-refractivity contribution in [3.63, 3.8) is 0 Å². The van der Waals surface area contributed by atoms with Crippen LogP contribution in [0.2, 0.25) is 0 Å². The van der Waals surface area contributed by atoms with E-state index in [0.717, 1.165) is 29.1 Å². The van der Waals surface area contributed by atoms with Crippen molar-refractivity contribution in [2.75, 3.05) is 7.05 Å². The normalized spacial score (nSPS) is 10.7. The van der Waals surface area contributed by atoms with E-state index < -0.39 is 0 Å². The molecule has 0 radical (unpaired) electrons. The van der Waals surface area contributed by atoms with Gasteiger partial charge in [0, 0.05) is 30.1 Å². The largest absolute Gasteiger partial charge is 0.316 e. The Morgan fingerprint density at radius 2 is 1.90 bits per heavy atom. The van der Waals surface area contributed by atoms with Crippen molar-refractivity contribution < 1.29 is 0 Å². The number of aromatic nitrogens is 3. The van der Waals surface area contributed by atoms with E-state index in [2.05, 4.69) is 33.6 Å². The zero-order valence-electron chi connectivity index (χ0n) is 11.3. The minimum absolute atomic E-state index is 0.768. The zero-order chi connectivity index (χ0) is 13.8. The van der Waals surface area contributed by atoms with Crippen LogP contribution in [-0.4, -0.2) is 21.8 Å². The molecule has 100 valence electrons. The molecule has 3 rings (SSSR count). The van der Waals surface area contributed by atoms with Gasteiger partial charge >= 0.3 is 0 Å². The van der Waals surface area contributed by atoms with Gasteiger partial charge in [0.25, 0.3) is 0 Å². The summed E-state index contributed by atoms with van der Waals surface area (Å²) in [7, 11) is 1.93. The van der Waals surface area contributed by atoms with Crippen LogP contribution in [0.5, 0.6) is 0 Å². The Balaban J connectivity index is 1.98. The Morgan fingerprint density at radius 1 is 1.05 bits per heavy atom. The minimum atomic E-state index is 0.768. The van der Waals surface area contributed by atoms with Crippen LogP contribution in [0, 0.1) is 0 Å². The lowest BCUT2D eigenvalue weighted by atomic mass is 10.1. The Labute approximate surface area is 118 Å². The second-order valence-corrected chi connectivity index (χ2v) is 4.56. The summed E-state index contributed by atoms with van der Waals surface area (Å²) in [6.07, 6.45) is 5.67. The van der Waals surface area contributed by atoms with Crippen molar-refractivity contribution in [3.05, 3.63) is 66.6 Å². The van der Waals surface area contributed by atoms with Gasteiger partial charge in [0.2, 0.25) is 0 Å². The number of hydrogen-bond donors (Lipinski definition) is 1. The first-order chi connectivity index (χ1) is 9.88. The summed E-state index contributed by atoms with van der Waals surface area (Å²) in [5.74, 6) is 0.865. The van der Waals surface area contributed by atoms with Crippen LogP contribution in [0.3, 0.4) is 0 Å². The molecule has 0 unspecified atom stereocenters. The molecule has 0 fully saturated rings. The van der Waals surface area contributed by atoms with Crippen molar-refractivity contribution in [3.8, 4) is 16.9 Å². The Kier molecular flexibility index (Phi) is 3.56. The maximum atomic E-state index is 4.44. The SMILES string of the molecule is CNCc1cccnc1-n1cc(-c2ccccc2)cn1. The van der Waals surface area contributed by atoms with Crippen LogP contribution in [-0.2, 0) is 6.54 Å². The van der Waals surface area contributed by atoms with Crippen LogP contribution in [0.15, 0.2) is 61.1 Å². The Hall–Kier alpha value is -2.46. The van der Waals surface area contributed by atoms with Gasteiger partial charge in [-0.25, -0.2) is 9.67 Å². The molecule has 1 aromatic carbocycles. The number of benzene rings is 1. The van der Waals surface area contributed by atoms with E-state index in [0.29, 0.717) is 0 Å². The third kappa shape index (κ3) is 2.46. The highest BCUT2D eigenvalue weighted by Crippen LogP contribution is 2.20. The van der Waals surface area contributed by atoms with Crippen LogP contribution in [0.1, 0.15) is 5.56 Å². The fourth-order valence-corrected chi connectivity index (χ4v) is 2.18. The molecular weight excluding hydrogens is 248 g/mol. The molecule has 20 heavy (non-hydrogen) atoms. The first kappa shape index (κ1) is 12.6. The molecule has 4 heteroatoms. The van der Waals surface area contributed by atoms with Gasteiger partial charge in [-0.1, -0.05) is 36.4 Å². The number of hydrogen-bond acceptors (Lipinski definition) is 3. The standard InChI is InChI=1S/C16H16N4/c1-17-10-14-8-5-9-18-16(14)20-12-15(11-19-20)13-6-3-2-4-7-13/h2-9,11-12,17H,10H2,1H3. The third-order valence-corrected chi connectivity index (χ3v) is 3.14. The predicted molar refractivity (Wildman–Crippen MR) is 79.6 cm³/mol. The lowest BCUT2D eigenvalue weighted by Crippen LogP contribution is -2.10. The van der Waals surface area contributed by atoms with Gasteiger partial charge in [-0.3, -0.25) is 0 Å². The van der Waals surface area contributed by atoms with Crippen molar-refractivity contribution in [2.45, 2.75) is 6.54 Å². The van der Waals surface area contributed by atoms with Crippen LogP contribution < -0.4 is 5.32 Å². The highest BCUT2D eigenvalue weighted by molar-refractivity contribution is 5.61. The number of pyridine rings is 1. The van der Waals surface area contributed by atoms with Crippen molar-refractivity contribution in [1.82, 2.24) is 20.1 Å². The summed E-state index contributed by atoms with van der Waals surface area (Å²) in [6.45, 7) is 0.768. The summed E-state index contributed by atoms with van der Waals surface area (Å²) in [5.41, 5.74) is 3.37. The molecule has 0 spiro atoms. The molecule has 0 saturated heterocycles. The average Bonchev–Trinajstić information content (AvgIpc) is 2.99.